The lowest BCUT2D eigenvalue weighted by Gasteiger charge is -2.57. The van der Waals surface area contributed by atoms with Crippen LogP contribution >= 0.6 is 11.6 Å². The maximum Gasteiger partial charge on any atom is 0.153 e. The summed E-state index contributed by atoms with van der Waals surface area (Å²) >= 11 is 6.33. The molecule has 1 aliphatic carbocycles. The molecule has 5 fully saturated rings. The second-order valence-corrected chi connectivity index (χ2v) is 19.9. The first-order valence-corrected chi connectivity index (χ1v) is 23.3. The molecule has 4 saturated heterocycles. The predicted octanol–water partition coefficient (Wildman–Crippen LogP) is 6.22. The molecule has 2 bridgehead atoms. The van der Waals surface area contributed by atoms with Crippen LogP contribution in [0.15, 0.2) is 79.0 Å². The van der Waals surface area contributed by atoms with Crippen molar-refractivity contribution < 1.29 is 14.6 Å². The second kappa shape index (κ2) is 17.0. The first-order valence-electron chi connectivity index (χ1n) is 22.9. The molecule has 1 spiro atoms. The summed E-state index contributed by atoms with van der Waals surface area (Å²) in [6, 6.07) is 24.7. The molecule has 0 radical (unpaired) electrons. The van der Waals surface area contributed by atoms with Crippen molar-refractivity contribution >= 4 is 17.4 Å². The summed E-state index contributed by atoms with van der Waals surface area (Å²) < 4.78 is 8.93. The van der Waals surface area contributed by atoms with E-state index in [1.807, 2.05) is 36.5 Å². The van der Waals surface area contributed by atoms with E-state index in [9.17, 15) is 5.11 Å². The van der Waals surface area contributed by atoms with Gasteiger partial charge in [-0.05, 0) is 122 Å². The fraction of sp³-hybridized carbons (Fsp3) is 0.560. The van der Waals surface area contributed by atoms with E-state index in [2.05, 4.69) is 138 Å². The lowest BCUT2D eigenvalue weighted by atomic mass is 9.54. The SMILES string of the molecule is CCC12C(=O)C34C5C[C@H](Cc6ccc(Cl)cc6)N(C)C3[C@@H](CO)NC4[C@H](C)N(Cc3ccccc3Oc3ccc(-c4cnc(CN(C)C)n4C)cc3)C1CCC2N(C)[C@@H](C)CN5. The zero-order valence-corrected chi connectivity index (χ0v) is 38.6. The average Bonchev–Trinajstić information content (AvgIpc) is 3.95. The third-order valence-electron chi connectivity index (χ3n) is 16.3. The van der Waals surface area contributed by atoms with E-state index in [4.69, 9.17) is 16.3 Å². The van der Waals surface area contributed by atoms with E-state index in [1.165, 1.54) is 5.56 Å². The summed E-state index contributed by atoms with van der Waals surface area (Å²) in [5.74, 6) is 3.01. The fourth-order valence-corrected chi connectivity index (χ4v) is 13.3. The van der Waals surface area contributed by atoms with Crippen LogP contribution in [0.25, 0.3) is 11.3 Å². The van der Waals surface area contributed by atoms with Crippen LogP contribution in [0.4, 0.5) is 0 Å². The van der Waals surface area contributed by atoms with Crippen LogP contribution in [0.3, 0.4) is 0 Å². The third kappa shape index (κ3) is 6.97. The van der Waals surface area contributed by atoms with Gasteiger partial charge in [-0.25, -0.2) is 4.98 Å². The summed E-state index contributed by atoms with van der Waals surface area (Å²) in [6.45, 7) is 9.13. The molecule has 3 aromatic carbocycles. The highest BCUT2D eigenvalue weighted by molar-refractivity contribution is 6.30. The lowest BCUT2D eigenvalue weighted by Crippen LogP contribution is -2.73. The molecule has 12 heteroatoms. The number of aliphatic hydroxyl groups is 1. The number of carbonyl (C=O) groups excluding carboxylic acids is 1. The Kier molecular flexibility index (Phi) is 12.0. The number of aromatic nitrogens is 2. The smallest absolute Gasteiger partial charge is 0.153 e. The van der Waals surface area contributed by atoms with Crippen molar-refractivity contribution in [2.75, 3.05) is 41.3 Å². The molecule has 0 amide bonds. The monoisotopic (exact) mass is 863 g/mol. The number of nitrogens with zero attached hydrogens (tertiary/aromatic N) is 6. The predicted molar refractivity (Wildman–Crippen MR) is 246 cm³/mol. The van der Waals surface area contributed by atoms with Crippen LogP contribution in [0.5, 0.6) is 11.5 Å². The molecule has 3 N–H and O–H groups in total. The van der Waals surface area contributed by atoms with Gasteiger partial charge in [0.1, 0.15) is 17.3 Å². The normalized spacial score (nSPS) is 33.9. The minimum Gasteiger partial charge on any atom is -0.457 e. The van der Waals surface area contributed by atoms with Crippen molar-refractivity contribution in [2.45, 2.75) is 120 Å². The summed E-state index contributed by atoms with van der Waals surface area (Å²) in [5, 5.41) is 20.2. The van der Waals surface area contributed by atoms with Crippen molar-refractivity contribution in [3.8, 4) is 22.8 Å². The number of rotatable bonds is 11. The molecule has 5 heterocycles. The number of halogens is 1. The van der Waals surface area contributed by atoms with E-state index in [0.29, 0.717) is 12.3 Å². The molecule has 7 unspecified atom stereocenters. The van der Waals surface area contributed by atoms with Gasteiger partial charge in [0, 0.05) is 90.7 Å². The van der Waals surface area contributed by atoms with Crippen molar-refractivity contribution in [3.05, 3.63) is 101 Å². The Morgan fingerprint density at radius 3 is 2.40 bits per heavy atom. The standard InChI is InChI=1S/C50H67ClN8O3/c1-9-49-43-22-23-44(49)59(28-35-12-10-11-13-41(35)62-38-20-16-34(17-21-38)40-27-53-45(58(40)8)29-55(4)5)32(3)46-50(48(49)61)42(52-26-31(2)56(43)6)25-37(24-33-14-18-36(51)19-15-33)57(7)47(50)39(30-60)54-46/h10-21,27,31-32,37,39,42-44,46-47,52,54,60H,9,22-26,28-30H2,1-8H3/t31-,32-,37-,39+,42?,43?,44?,46?,47?,49?,50?/m0/s1. The molecule has 4 aromatic rings. The quantitative estimate of drug-likeness (QED) is 0.161. The first-order chi connectivity index (χ1) is 29.8. The van der Waals surface area contributed by atoms with Crippen molar-refractivity contribution in [3.63, 3.8) is 0 Å². The largest absolute Gasteiger partial charge is 0.457 e. The van der Waals surface area contributed by atoms with Crippen molar-refractivity contribution in [1.82, 2.24) is 39.8 Å². The molecular weight excluding hydrogens is 796 g/mol. The molecule has 11 atom stereocenters. The highest BCUT2D eigenvalue weighted by atomic mass is 35.5. The molecule has 332 valence electrons. The number of carbonyl (C=O) groups is 1. The Balaban J connectivity index is 1.09. The van der Waals surface area contributed by atoms with E-state index < -0.39 is 10.8 Å². The summed E-state index contributed by atoms with van der Waals surface area (Å²) in [5.41, 5.74) is 3.09. The van der Waals surface area contributed by atoms with Crippen LogP contribution in [-0.2, 0) is 31.4 Å². The molecular formula is C50H67ClN8O3. The number of para-hydroxylation sites is 1. The number of hydrogen-bond acceptors (Lipinski definition) is 10. The van der Waals surface area contributed by atoms with Gasteiger partial charge < -0.3 is 29.9 Å². The van der Waals surface area contributed by atoms with Crippen molar-refractivity contribution in [1.29, 1.82) is 0 Å². The number of likely N-dealkylation sites (tertiary alicyclic amines) is 2. The van der Waals surface area contributed by atoms with Crippen LogP contribution < -0.4 is 15.4 Å². The maximum absolute atomic E-state index is 16.7. The number of ketones is 1. The van der Waals surface area contributed by atoms with E-state index in [-0.39, 0.29) is 61.0 Å². The molecule has 1 saturated carbocycles. The van der Waals surface area contributed by atoms with Gasteiger partial charge in [0.05, 0.1) is 35.9 Å². The minimum atomic E-state index is -0.770. The third-order valence-corrected chi connectivity index (χ3v) is 16.5. The molecule has 5 aliphatic rings. The number of imidazole rings is 1. The molecule has 9 rings (SSSR count). The number of nitrogens with one attached hydrogen (secondary N) is 2. The Morgan fingerprint density at radius 2 is 1.69 bits per heavy atom. The van der Waals surface area contributed by atoms with Crippen LogP contribution in [0.2, 0.25) is 5.02 Å². The molecule has 1 aromatic heterocycles. The van der Waals surface area contributed by atoms with E-state index >= 15 is 4.79 Å². The van der Waals surface area contributed by atoms with Gasteiger partial charge in [0.2, 0.25) is 0 Å². The van der Waals surface area contributed by atoms with E-state index in [1.54, 1.807) is 0 Å². The van der Waals surface area contributed by atoms with Gasteiger partial charge >= 0.3 is 0 Å². The minimum absolute atomic E-state index is 0.0218. The number of benzene rings is 3. The van der Waals surface area contributed by atoms with Gasteiger partial charge in [-0.1, -0.05) is 48.9 Å². The highest BCUT2D eigenvalue weighted by Gasteiger charge is 2.76. The average molecular weight is 864 g/mol. The Hall–Kier alpha value is -3.65. The van der Waals surface area contributed by atoms with Crippen molar-refractivity contribution in [2.24, 2.45) is 17.9 Å². The summed E-state index contributed by atoms with van der Waals surface area (Å²) in [4.78, 5) is 31.2. The van der Waals surface area contributed by atoms with Gasteiger partial charge in [0.15, 0.2) is 5.78 Å². The first kappa shape index (κ1) is 43.6. The maximum atomic E-state index is 16.7. The van der Waals surface area contributed by atoms with Crippen LogP contribution in [0, 0.1) is 10.8 Å². The zero-order chi connectivity index (χ0) is 43.7. The fourth-order valence-electron chi connectivity index (χ4n) is 13.2. The van der Waals surface area contributed by atoms with Gasteiger partial charge in [-0.2, -0.15) is 0 Å². The van der Waals surface area contributed by atoms with Crippen LogP contribution in [0.1, 0.15) is 63.4 Å². The van der Waals surface area contributed by atoms with Gasteiger partial charge in [-0.15, -0.1) is 0 Å². The molecule has 62 heavy (non-hydrogen) atoms. The number of hydrogen-bond donors (Lipinski definition) is 3. The number of aliphatic hydroxyl groups excluding tert-OH is 1. The Labute approximate surface area is 373 Å². The number of Topliss-reactive ketones (excluding diaryl/α,β-unsaturated/α-hetero) is 1. The van der Waals surface area contributed by atoms with E-state index in [0.717, 1.165) is 84.4 Å². The number of likely N-dealkylation sites (N-methyl/N-ethyl adjacent to an activating group) is 2. The second-order valence-electron chi connectivity index (χ2n) is 19.5. The topological polar surface area (TPSA) is 101 Å². The highest BCUT2D eigenvalue weighted by Crippen LogP contribution is 2.61. The Bertz CT molecular complexity index is 2230. The summed E-state index contributed by atoms with van der Waals surface area (Å²) in [6.07, 6.45) is 6.30. The lowest BCUT2D eigenvalue weighted by molar-refractivity contribution is -0.154. The zero-order valence-electron chi connectivity index (χ0n) is 37.9. The molecule has 11 nitrogen and oxygen atoms in total. The Morgan fingerprint density at radius 1 is 0.968 bits per heavy atom. The number of ether oxygens (including phenoxy) is 1. The van der Waals surface area contributed by atoms with Gasteiger partial charge in [0.25, 0.3) is 0 Å². The number of piperidine rings is 1. The van der Waals surface area contributed by atoms with Crippen LogP contribution in [-0.4, -0.2) is 136 Å². The van der Waals surface area contributed by atoms with Gasteiger partial charge in [-0.3, -0.25) is 19.5 Å². The summed E-state index contributed by atoms with van der Waals surface area (Å²) in [7, 11) is 10.7. The molecule has 4 aliphatic heterocycles.